The Kier molecular flexibility index (Phi) is 45.6. The molecule has 1 atom stereocenters. The molecule has 0 rings (SSSR count). The first-order valence-corrected chi connectivity index (χ1v) is 12.9. The van der Waals surface area contributed by atoms with E-state index >= 15 is 0 Å². The molecule has 1 unspecified atom stereocenters. The first-order valence-electron chi connectivity index (χ1n) is 10.1. The predicted molar refractivity (Wildman–Crippen MR) is 133 cm³/mol. The van der Waals surface area contributed by atoms with Crippen LogP contribution >= 0.6 is 21.0 Å². The van der Waals surface area contributed by atoms with Gasteiger partial charge in [-0.2, -0.15) is 0 Å². The Morgan fingerprint density at radius 1 is 1.04 bits per heavy atom. The molecule has 0 heterocycles. The molecule has 5 heteroatoms. The number of halogens is 1. The van der Waals surface area contributed by atoms with Crippen molar-refractivity contribution < 1.29 is 23.2 Å². The molecule has 0 aromatic heterocycles. The van der Waals surface area contributed by atoms with Gasteiger partial charge in [0.15, 0.2) is 0 Å². The minimum absolute atomic E-state index is 0. The Morgan fingerprint density at radius 2 is 1.16 bits per heavy atom. The summed E-state index contributed by atoms with van der Waals surface area (Å²) >= 11 is 4.64. The van der Waals surface area contributed by atoms with Gasteiger partial charge in [0.25, 0.3) is 0 Å². The summed E-state index contributed by atoms with van der Waals surface area (Å²) < 4.78 is 13.8. The molecule has 168 valence electrons. The fraction of sp³-hybridized carbons (Fsp3) is 0.950. The molecule has 1 nitrogen and oxygen atoms in total. The van der Waals surface area contributed by atoms with Crippen LogP contribution in [0.15, 0.2) is 0 Å². The van der Waals surface area contributed by atoms with Crippen molar-refractivity contribution in [2.45, 2.75) is 120 Å². The van der Waals surface area contributed by atoms with Crippen molar-refractivity contribution in [3.8, 4) is 0 Å². The Balaban J connectivity index is -0.0000000298. The third-order valence-electron chi connectivity index (χ3n) is 3.44. The summed E-state index contributed by atoms with van der Waals surface area (Å²) in [6.45, 7) is 27.2. The average molecular weight is 515 g/mol. The van der Waals surface area contributed by atoms with E-state index in [-0.39, 0.29) is 27.8 Å². The molecule has 0 spiro atoms. The molecule has 0 bridgehead atoms. The van der Waals surface area contributed by atoms with Crippen molar-refractivity contribution in [2.24, 2.45) is 0 Å². The van der Waals surface area contributed by atoms with Gasteiger partial charge in [-0.3, -0.25) is 4.67 Å². The molecule has 0 aromatic rings. The van der Waals surface area contributed by atoms with E-state index in [4.69, 9.17) is 2.74 Å². The summed E-state index contributed by atoms with van der Waals surface area (Å²) in [4.78, 5) is 0. The first-order chi connectivity index (χ1) is 11.2. The van der Waals surface area contributed by atoms with E-state index in [1.807, 2.05) is 0 Å². The van der Waals surface area contributed by atoms with E-state index in [0.29, 0.717) is 17.1 Å². The summed E-state index contributed by atoms with van der Waals surface area (Å²) in [6.07, 6.45) is 2.72. The first kappa shape index (κ1) is 41.0. The molecule has 25 heavy (non-hydrogen) atoms. The largest absolute Gasteiger partial charge is 0.358 e. The maximum absolute atomic E-state index is 5.75. The van der Waals surface area contributed by atoms with Gasteiger partial charge in [-0.05, 0) is 32.7 Å². The standard InChI is InChI=1S/C7H18Si.C6H16NP.C3H8.CH3Cl.2CH4.CH3.Pd/c1-7(2,3)8(4,5)6;1-5(2)7(8)6(3)4;1-3-2;1-2;;;;/h1-6H3;5-6H,8H2,1-4H3;3H2,1-2H3;1H3;2*1H4;1H3;/q;;;;;;-1;/i;;;;1T;1D;;. The van der Waals surface area contributed by atoms with Crippen LogP contribution in [0, 0.1) is 7.43 Å². The summed E-state index contributed by atoms with van der Waals surface area (Å²) in [7, 11) is 4.36. The van der Waals surface area contributed by atoms with E-state index in [0.717, 1.165) is 0 Å². The zero-order chi connectivity index (χ0) is 22.4. The molecule has 0 fully saturated rings. The zero-order valence-corrected chi connectivity index (χ0v) is 25.0. The van der Waals surface area contributed by atoms with Crippen LogP contribution in [0.1, 0.15) is 86.3 Å². The number of rotatable bonds is 2. The van der Waals surface area contributed by atoms with Crippen LogP contribution in [0.5, 0.6) is 0 Å². The summed E-state index contributed by atoms with van der Waals surface area (Å²) in [6, 6.07) is 1.28. The van der Waals surface area contributed by atoms with Gasteiger partial charge in [-0.25, -0.2) is 0 Å². The van der Waals surface area contributed by atoms with Crippen LogP contribution in [-0.2, 0) is 20.4 Å². The van der Waals surface area contributed by atoms with Crippen molar-refractivity contribution in [1.82, 2.24) is 4.67 Å². The van der Waals surface area contributed by atoms with Gasteiger partial charge in [-0.1, -0.05) is 84.9 Å². The summed E-state index contributed by atoms with van der Waals surface area (Å²) in [5.41, 5.74) is 0. The van der Waals surface area contributed by atoms with E-state index in [9.17, 15) is 0 Å². The molecule has 0 amide bonds. The van der Waals surface area contributed by atoms with E-state index in [1.54, 1.807) is 0 Å². The fourth-order valence-corrected chi connectivity index (χ4v) is 0.596. The molecule has 0 N–H and O–H groups in total. The monoisotopic (exact) mass is 513 g/mol. The fourth-order valence-electron chi connectivity index (χ4n) is 0.596. The van der Waals surface area contributed by atoms with Crippen molar-refractivity contribution in [1.29, 1.82) is 0 Å². The molecule has 0 saturated heterocycles. The van der Waals surface area contributed by atoms with Gasteiger partial charge in [0.1, 0.15) is 0 Å². The predicted octanol–water partition coefficient (Wildman–Crippen LogP) is 9.01. The van der Waals surface area contributed by atoms with E-state index in [2.05, 4.69) is 108 Å². The second-order valence-electron chi connectivity index (χ2n) is 7.84. The van der Waals surface area contributed by atoms with Gasteiger partial charge >= 0.3 is 0 Å². The minimum atomic E-state index is -0.859. The second kappa shape index (κ2) is 27.8. The SMILES string of the molecule is CC(C)(C)[Si](C)(C)C.CC(C)N(P)C(C)C.CCC.CCl.[2H]C.[3H]C.[CH3-].[Pd]. The summed E-state index contributed by atoms with van der Waals surface area (Å²) in [5, 5.41) is 0.576. The van der Waals surface area contributed by atoms with Crippen LogP contribution in [0.2, 0.25) is 24.7 Å². The van der Waals surface area contributed by atoms with Crippen LogP contribution in [0.4, 0.5) is 0 Å². The van der Waals surface area contributed by atoms with E-state index in [1.165, 1.54) is 27.6 Å². The van der Waals surface area contributed by atoms with Crippen molar-refractivity contribution in [3.63, 3.8) is 0 Å². The normalized spacial score (nSPS) is 9.92. The van der Waals surface area contributed by atoms with Gasteiger partial charge in [0.05, 0.1) is 0 Å². The van der Waals surface area contributed by atoms with Crippen LogP contribution in [0.25, 0.3) is 0 Å². The molecule has 0 saturated carbocycles. The average Bonchev–Trinajstić information content (AvgIpc) is 2.51. The molecule has 0 aliphatic rings. The Hall–Kier alpha value is 1.56. The molecule has 0 aliphatic heterocycles. The molecular formula is C20H56ClNPPdSi-. The number of hydrogen-bond donors (Lipinski definition) is 0. The van der Waals surface area contributed by atoms with E-state index < -0.39 is 8.07 Å². The van der Waals surface area contributed by atoms with Crippen molar-refractivity contribution in [3.05, 3.63) is 7.43 Å². The van der Waals surface area contributed by atoms with Crippen LogP contribution in [0.3, 0.4) is 0 Å². The molecule has 0 radical (unpaired) electrons. The zero-order valence-electron chi connectivity index (χ0n) is 22.6. The molecule has 0 aromatic carbocycles. The Morgan fingerprint density at radius 3 is 1.16 bits per heavy atom. The topological polar surface area (TPSA) is 3.24 Å². The van der Waals surface area contributed by atoms with Gasteiger partial charge in [0.2, 0.25) is 0 Å². The maximum Gasteiger partial charge on any atom is 0.0496 e. The number of alkyl halides is 1. The van der Waals surface area contributed by atoms with Gasteiger partial charge in [-0.15, -0.1) is 11.6 Å². The number of hydrogen-bond acceptors (Lipinski definition) is 1. The quantitative estimate of drug-likeness (QED) is 0.154. The third kappa shape index (κ3) is 41.2. The third-order valence-corrected chi connectivity index (χ3v) is 9.14. The molecule has 0 aliphatic carbocycles. The Labute approximate surface area is 190 Å². The maximum atomic E-state index is 5.75. The number of nitrogens with zero attached hydrogens (tertiary/aromatic N) is 1. The molecular weight excluding hydrogens is 455 g/mol. The summed E-state index contributed by atoms with van der Waals surface area (Å²) in [5.74, 6) is 0. The van der Waals surface area contributed by atoms with Crippen molar-refractivity contribution in [2.75, 3.05) is 6.38 Å². The van der Waals surface area contributed by atoms with Crippen LogP contribution < -0.4 is 0 Å². The smallest absolute Gasteiger partial charge is 0.0496 e. The minimum Gasteiger partial charge on any atom is -0.358 e. The van der Waals surface area contributed by atoms with Gasteiger partial charge in [0, 0.05) is 49.7 Å². The Bertz CT molecular complexity index is 193. The van der Waals surface area contributed by atoms with Crippen LogP contribution in [-0.4, -0.2) is 31.2 Å². The van der Waals surface area contributed by atoms with Crippen molar-refractivity contribution >= 4 is 29.1 Å². The second-order valence-corrected chi connectivity index (χ2v) is 14.4. The van der Waals surface area contributed by atoms with Gasteiger partial charge < -0.3 is 7.43 Å².